The normalized spacial score (nSPS) is 10.8. The number of fused-ring (bicyclic) bond motifs is 1. The van der Waals surface area contributed by atoms with E-state index in [-0.39, 0.29) is 0 Å². The molecular weight excluding hydrogens is 150 g/mol. The molecule has 2 N–H and O–H groups in total. The molecule has 2 nitrogen and oxygen atoms in total. The minimum atomic E-state index is 0.466. The summed E-state index contributed by atoms with van der Waals surface area (Å²) < 4.78 is 5.45. The van der Waals surface area contributed by atoms with Gasteiger partial charge in [0.2, 0.25) is 0 Å². The van der Waals surface area contributed by atoms with E-state index in [4.69, 9.17) is 10.2 Å². The van der Waals surface area contributed by atoms with Crippen molar-refractivity contribution in [3.63, 3.8) is 0 Å². The van der Waals surface area contributed by atoms with Crippen molar-refractivity contribution in [2.45, 2.75) is 13.5 Å². The molecule has 0 unspecified atom stereocenters. The Hall–Kier alpha value is -1.28. The predicted molar refractivity (Wildman–Crippen MR) is 48.8 cm³/mol. The van der Waals surface area contributed by atoms with Crippen molar-refractivity contribution in [3.8, 4) is 0 Å². The summed E-state index contributed by atoms with van der Waals surface area (Å²) in [4.78, 5) is 0. The fourth-order valence-electron chi connectivity index (χ4n) is 1.32. The summed E-state index contributed by atoms with van der Waals surface area (Å²) in [7, 11) is 0. The fraction of sp³-hybridized carbons (Fsp3) is 0.200. The lowest BCUT2D eigenvalue weighted by atomic mass is 10.2. The first-order valence-corrected chi connectivity index (χ1v) is 3.99. The third-order valence-electron chi connectivity index (χ3n) is 1.92. The van der Waals surface area contributed by atoms with Gasteiger partial charge in [-0.3, -0.25) is 0 Å². The first kappa shape index (κ1) is 7.37. The molecule has 0 saturated heterocycles. The maximum Gasteiger partial charge on any atom is 0.134 e. The van der Waals surface area contributed by atoms with Gasteiger partial charge in [-0.05, 0) is 25.1 Å². The van der Waals surface area contributed by atoms with E-state index in [9.17, 15) is 0 Å². The molecule has 1 aromatic carbocycles. The zero-order valence-corrected chi connectivity index (χ0v) is 7.00. The molecule has 0 radical (unpaired) electrons. The Labute approximate surface area is 71.0 Å². The van der Waals surface area contributed by atoms with Crippen LogP contribution in [-0.2, 0) is 6.54 Å². The van der Waals surface area contributed by atoms with Crippen LogP contribution in [0.3, 0.4) is 0 Å². The van der Waals surface area contributed by atoms with E-state index in [0.29, 0.717) is 6.54 Å². The van der Waals surface area contributed by atoms with Gasteiger partial charge in [0.05, 0.1) is 6.54 Å². The Bertz CT molecular complexity index is 403. The van der Waals surface area contributed by atoms with Crippen molar-refractivity contribution < 1.29 is 4.42 Å². The zero-order chi connectivity index (χ0) is 8.55. The van der Waals surface area contributed by atoms with Crippen molar-refractivity contribution in [2.24, 2.45) is 5.73 Å². The Kier molecular flexibility index (Phi) is 1.62. The van der Waals surface area contributed by atoms with Crippen molar-refractivity contribution in [1.29, 1.82) is 0 Å². The van der Waals surface area contributed by atoms with Crippen LogP contribution in [0.25, 0.3) is 11.0 Å². The molecule has 0 aliphatic carbocycles. The lowest BCUT2D eigenvalue weighted by Gasteiger charge is -1.89. The molecule has 2 aromatic rings. The van der Waals surface area contributed by atoms with Crippen LogP contribution in [0.2, 0.25) is 0 Å². The van der Waals surface area contributed by atoms with Gasteiger partial charge in [-0.2, -0.15) is 0 Å². The summed E-state index contributed by atoms with van der Waals surface area (Å²) in [5.74, 6) is 0.843. The molecule has 0 fully saturated rings. The molecule has 0 aliphatic rings. The van der Waals surface area contributed by atoms with E-state index in [1.54, 1.807) is 0 Å². The van der Waals surface area contributed by atoms with Gasteiger partial charge in [-0.1, -0.05) is 11.6 Å². The first-order chi connectivity index (χ1) is 5.79. The number of hydrogen-bond acceptors (Lipinski definition) is 2. The van der Waals surface area contributed by atoms with Crippen LogP contribution < -0.4 is 5.73 Å². The maximum absolute atomic E-state index is 5.46. The molecule has 0 aliphatic heterocycles. The minimum Gasteiger partial charge on any atom is -0.460 e. The molecular formula is C10H11NO. The summed E-state index contributed by atoms with van der Waals surface area (Å²) in [5.41, 5.74) is 7.62. The standard InChI is InChI=1S/C10H11NO/c1-7-2-3-10-8(4-7)5-9(6-11)12-10/h2-5H,6,11H2,1H3. The maximum atomic E-state index is 5.46. The van der Waals surface area contributed by atoms with Gasteiger partial charge in [-0.15, -0.1) is 0 Å². The molecule has 62 valence electrons. The van der Waals surface area contributed by atoms with Crippen molar-refractivity contribution >= 4 is 11.0 Å². The average molecular weight is 161 g/mol. The second-order valence-corrected chi connectivity index (χ2v) is 2.96. The number of benzene rings is 1. The van der Waals surface area contributed by atoms with Gasteiger partial charge in [0, 0.05) is 5.39 Å². The molecule has 0 amide bonds. The van der Waals surface area contributed by atoms with Gasteiger partial charge in [-0.25, -0.2) is 0 Å². The quantitative estimate of drug-likeness (QED) is 0.696. The zero-order valence-electron chi connectivity index (χ0n) is 7.00. The second kappa shape index (κ2) is 2.64. The molecule has 0 bridgehead atoms. The molecule has 0 atom stereocenters. The lowest BCUT2D eigenvalue weighted by molar-refractivity contribution is 0.552. The molecule has 1 aromatic heterocycles. The van der Waals surface area contributed by atoms with E-state index in [1.165, 1.54) is 5.56 Å². The van der Waals surface area contributed by atoms with E-state index in [0.717, 1.165) is 16.7 Å². The summed E-state index contributed by atoms with van der Waals surface area (Å²) in [6, 6.07) is 8.09. The summed E-state index contributed by atoms with van der Waals surface area (Å²) in [6.45, 7) is 2.53. The Morgan fingerprint density at radius 3 is 2.92 bits per heavy atom. The van der Waals surface area contributed by atoms with E-state index in [2.05, 4.69) is 13.0 Å². The minimum absolute atomic E-state index is 0.466. The van der Waals surface area contributed by atoms with Gasteiger partial charge < -0.3 is 10.2 Å². The van der Waals surface area contributed by atoms with Gasteiger partial charge in [0.15, 0.2) is 0 Å². The Balaban J connectivity index is 2.67. The Morgan fingerprint density at radius 2 is 2.17 bits per heavy atom. The average Bonchev–Trinajstić information content (AvgIpc) is 2.46. The van der Waals surface area contributed by atoms with Crippen molar-refractivity contribution in [1.82, 2.24) is 0 Å². The predicted octanol–water partition coefficient (Wildman–Crippen LogP) is 2.20. The topological polar surface area (TPSA) is 39.2 Å². The van der Waals surface area contributed by atoms with Gasteiger partial charge in [0.25, 0.3) is 0 Å². The van der Waals surface area contributed by atoms with Crippen molar-refractivity contribution in [3.05, 3.63) is 35.6 Å². The summed E-state index contributed by atoms with van der Waals surface area (Å²) in [5, 5.41) is 1.13. The van der Waals surface area contributed by atoms with E-state index < -0.39 is 0 Å². The highest BCUT2D eigenvalue weighted by Gasteiger charge is 2.00. The smallest absolute Gasteiger partial charge is 0.134 e. The molecule has 12 heavy (non-hydrogen) atoms. The monoisotopic (exact) mass is 161 g/mol. The van der Waals surface area contributed by atoms with Crippen LogP contribution in [0.4, 0.5) is 0 Å². The number of rotatable bonds is 1. The van der Waals surface area contributed by atoms with Crippen molar-refractivity contribution in [2.75, 3.05) is 0 Å². The second-order valence-electron chi connectivity index (χ2n) is 2.96. The summed E-state index contributed by atoms with van der Waals surface area (Å²) >= 11 is 0. The van der Waals surface area contributed by atoms with Gasteiger partial charge in [0.1, 0.15) is 11.3 Å². The molecule has 1 heterocycles. The third kappa shape index (κ3) is 1.10. The lowest BCUT2D eigenvalue weighted by Crippen LogP contribution is -1.92. The molecule has 0 spiro atoms. The van der Waals surface area contributed by atoms with E-state index in [1.807, 2.05) is 18.2 Å². The third-order valence-corrected chi connectivity index (χ3v) is 1.92. The molecule has 0 saturated carbocycles. The van der Waals surface area contributed by atoms with Crippen LogP contribution in [0.5, 0.6) is 0 Å². The molecule has 2 rings (SSSR count). The number of hydrogen-bond donors (Lipinski definition) is 1. The fourth-order valence-corrected chi connectivity index (χ4v) is 1.32. The number of furan rings is 1. The first-order valence-electron chi connectivity index (χ1n) is 3.99. The highest BCUT2D eigenvalue weighted by molar-refractivity contribution is 5.78. The van der Waals surface area contributed by atoms with Crippen LogP contribution in [0.15, 0.2) is 28.7 Å². The summed E-state index contributed by atoms with van der Waals surface area (Å²) in [6.07, 6.45) is 0. The Morgan fingerprint density at radius 1 is 1.33 bits per heavy atom. The largest absolute Gasteiger partial charge is 0.460 e. The van der Waals surface area contributed by atoms with Crippen LogP contribution in [-0.4, -0.2) is 0 Å². The highest BCUT2D eigenvalue weighted by atomic mass is 16.3. The number of nitrogens with two attached hydrogens (primary N) is 1. The van der Waals surface area contributed by atoms with Crippen LogP contribution in [0, 0.1) is 6.92 Å². The number of aryl methyl sites for hydroxylation is 1. The molecule has 2 heteroatoms. The SMILES string of the molecule is Cc1ccc2oc(CN)cc2c1. The van der Waals surface area contributed by atoms with Gasteiger partial charge >= 0.3 is 0 Å². The van der Waals surface area contributed by atoms with E-state index >= 15 is 0 Å². The highest BCUT2D eigenvalue weighted by Crippen LogP contribution is 2.19. The van der Waals surface area contributed by atoms with Crippen LogP contribution in [0.1, 0.15) is 11.3 Å². The van der Waals surface area contributed by atoms with Crippen LogP contribution >= 0.6 is 0 Å².